The standard InChI is InChI=1S/C19H22F3N3O4/c1-4-5-14-11-24(16(26)27)8-9-25(14)15-7-6-13(10-23-15)18(19(20,21)22)12-28-17(2,3)29-18/h6-7,10,14H,8-9,11-12H2,1-3H3,(H,26,27)/p-1/t14-,18?/m0/s1. The maximum atomic E-state index is 13.9. The Bertz CT molecular complexity index is 832. The lowest BCUT2D eigenvalue weighted by molar-refractivity contribution is -0.289. The summed E-state index contributed by atoms with van der Waals surface area (Å²) in [6.45, 7) is 4.38. The van der Waals surface area contributed by atoms with Gasteiger partial charge in [-0.3, -0.25) is 0 Å². The van der Waals surface area contributed by atoms with E-state index in [-0.39, 0.29) is 25.2 Å². The maximum Gasteiger partial charge on any atom is 0.424 e. The summed E-state index contributed by atoms with van der Waals surface area (Å²) >= 11 is 0. The zero-order valence-corrected chi connectivity index (χ0v) is 16.2. The van der Waals surface area contributed by atoms with Gasteiger partial charge in [0.2, 0.25) is 5.60 Å². The highest BCUT2D eigenvalue weighted by Crippen LogP contribution is 2.49. The third-order valence-corrected chi connectivity index (χ3v) is 4.96. The Morgan fingerprint density at radius 3 is 2.55 bits per heavy atom. The van der Waals surface area contributed by atoms with Crippen molar-refractivity contribution >= 4 is 11.9 Å². The molecule has 0 spiro atoms. The van der Waals surface area contributed by atoms with Gasteiger partial charge in [-0.1, -0.05) is 12.0 Å². The van der Waals surface area contributed by atoms with Crippen LogP contribution in [0, 0.1) is 11.8 Å². The molecule has 1 aromatic heterocycles. The lowest BCUT2D eigenvalue weighted by Crippen LogP contribution is -2.57. The van der Waals surface area contributed by atoms with E-state index in [0.717, 1.165) is 11.1 Å². The predicted octanol–water partition coefficient (Wildman–Crippen LogP) is 1.48. The van der Waals surface area contributed by atoms with Gasteiger partial charge in [0.25, 0.3) is 0 Å². The molecule has 2 aliphatic rings. The molecule has 2 aliphatic heterocycles. The summed E-state index contributed by atoms with van der Waals surface area (Å²) in [5.41, 5.74) is -2.76. The van der Waals surface area contributed by atoms with Gasteiger partial charge in [0.05, 0.1) is 13.2 Å². The van der Waals surface area contributed by atoms with Gasteiger partial charge in [-0.15, -0.1) is 5.92 Å². The second kappa shape index (κ2) is 7.39. The van der Waals surface area contributed by atoms with Crippen LogP contribution in [0.5, 0.6) is 0 Å². The summed E-state index contributed by atoms with van der Waals surface area (Å²) in [5.74, 6) is 4.67. The Balaban J connectivity index is 1.89. The van der Waals surface area contributed by atoms with Crippen molar-refractivity contribution in [2.24, 2.45) is 0 Å². The number of halogens is 3. The molecule has 0 aromatic carbocycles. The van der Waals surface area contributed by atoms with Crippen LogP contribution >= 0.6 is 0 Å². The van der Waals surface area contributed by atoms with Crippen molar-refractivity contribution < 1.29 is 32.5 Å². The number of carbonyl (C=O) groups excluding carboxylic acids is 1. The van der Waals surface area contributed by atoms with Crippen LogP contribution in [0.4, 0.5) is 23.8 Å². The second-order valence-electron chi connectivity index (χ2n) is 7.34. The fourth-order valence-electron chi connectivity index (χ4n) is 3.51. The SMILES string of the molecule is CC#C[C@H]1CN(C(=O)[O-])CCN1c1ccc(C2(C(F)(F)F)COC(C)(C)O2)cn1. The van der Waals surface area contributed by atoms with Crippen LogP contribution in [-0.4, -0.2) is 60.2 Å². The van der Waals surface area contributed by atoms with E-state index in [4.69, 9.17) is 9.47 Å². The first kappa shape index (κ1) is 21.2. The average molecular weight is 412 g/mol. The summed E-state index contributed by atoms with van der Waals surface area (Å²) in [5, 5.41) is 11.1. The summed E-state index contributed by atoms with van der Waals surface area (Å²) in [7, 11) is 0. The highest BCUT2D eigenvalue weighted by Gasteiger charge is 2.64. The molecule has 2 atom stereocenters. The first-order valence-corrected chi connectivity index (χ1v) is 9.01. The van der Waals surface area contributed by atoms with Gasteiger partial charge in [0.15, 0.2) is 5.79 Å². The highest BCUT2D eigenvalue weighted by molar-refractivity contribution is 5.63. The lowest BCUT2D eigenvalue weighted by atomic mass is 9.95. The number of ether oxygens (including phenoxy) is 2. The summed E-state index contributed by atoms with van der Waals surface area (Å²) in [6, 6.07) is 2.28. The molecule has 29 heavy (non-hydrogen) atoms. The number of amides is 1. The van der Waals surface area contributed by atoms with Gasteiger partial charge in [-0.25, -0.2) is 4.98 Å². The van der Waals surface area contributed by atoms with Crippen LogP contribution in [0.25, 0.3) is 0 Å². The van der Waals surface area contributed by atoms with Crippen molar-refractivity contribution in [1.29, 1.82) is 0 Å². The number of alkyl halides is 3. The minimum atomic E-state index is -4.69. The number of nitrogens with zero attached hydrogens (tertiary/aromatic N) is 3. The number of pyridine rings is 1. The van der Waals surface area contributed by atoms with Gasteiger partial charge < -0.3 is 29.2 Å². The van der Waals surface area contributed by atoms with E-state index in [1.54, 1.807) is 11.8 Å². The lowest BCUT2D eigenvalue weighted by Gasteiger charge is -2.41. The molecule has 7 nitrogen and oxygen atoms in total. The van der Waals surface area contributed by atoms with Crippen LogP contribution < -0.4 is 10.0 Å². The summed E-state index contributed by atoms with van der Waals surface area (Å²) in [4.78, 5) is 18.2. The number of anilines is 1. The Hall–Kier alpha value is -2.51. The molecule has 0 radical (unpaired) electrons. The third kappa shape index (κ3) is 3.97. The molecular weight excluding hydrogens is 391 g/mol. The Morgan fingerprint density at radius 1 is 1.34 bits per heavy atom. The van der Waals surface area contributed by atoms with Crippen LogP contribution in [0.1, 0.15) is 26.3 Å². The number of carbonyl (C=O) groups is 1. The van der Waals surface area contributed by atoms with Crippen molar-refractivity contribution in [3.8, 4) is 11.8 Å². The van der Waals surface area contributed by atoms with E-state index >= 15 is 0 Å². The molecule has 0 aliphatic carbocycles. The maximum absolute atomic E-state index is 13.9. The molecule has 1 unspecified atom stereocenters. The van der Waals surface area contributed by atoms with E-state index in [1.807, 2.05) is 0 Å². The third-order valence-electron chi connectivity index (χ3n) is 4.96. The first-order valence-electron chi connectivity index (χ1n) is 9.01. The molecule has 0 N–H and O–H groups in total. The van der Waals surface area contributed by atoms with Gasteiger partial charge in [-0.2, -0.15) is 13.2 Å². The molecule has 1 amide bonds. The van der Waals surface area contributed by atoms with E-state index in [2.05, 4.69) is 16.8 Å². The summed E-state index contributed by atoms with van der Waals surface area (Å²) < 4.78 is 52.0. The van der Waals surface area contributed by atoms with Crippen molar-refractivity contribution in [3.05, 3.63) is 23.9 Å². The van der Waals surface area contributed by atoms with Gasteiger partial charge >= 0.3 is 6.18 Å². The van der Waals surface area contributed by atoms with E-state index < -0.39 is 36.3 Å². The van der Waals surface area contributed by atoms with Crippen molar-refractivity contribution in [2.45, 2.75) is 44.4 Å². The zero-order chi connectivity index (χ0) is 21.4. The van der Waals surface area contributed by atoms with Crippen LogP contribution in [0.15, 0.2) is 18.3 Å². The smallest absolute Gasteiger partial charge is 0.424 e. The average Bonchev–Trinajstić information content (AvgIpc) is 2.99. The number of carboxylic acid groups (broad SMARTS) is 1. The van der Waals surface area contributed by atoms with Crippen molar-refractivity contribution in [3.63, 3.8) is 0 Å². The monoisotopic (exact) mass is 412 g/mol. The van der Waals surface area contributed by atoms with E-state index in [9.17, 15) is 23.1 Å². The van der Waals surface area contributed by atoms with Crippen molar-refractivity contribution in [1.82, 2.24) is 9.88 Å². The minimum absolute atomic E-state index is 0.101. The molecule has 0 saturated carbocycles. The van der Waals surface area contributed by atoms with Crippen molar-refractivity contribution in [2.75, 3.05) is 31.1 Å². The van der Waals surface area contributed by atoms with Gasteiger partial charge in [0.1, 0.15) is 18.0 Å². The van der Waals surface area contributed by atoms with Crippen LogP contribution in [0.2, 0.25) is 0 Å². The second-order valence-corrected chi connectivity index (χ2v) is 7.34. The van der Waals surface area contributed by atoms with Crippen LogP contribution in [0.3, 0.4) is 0 Å². The molecule has 3 heterocycles. The molecule has 2 fully saturated rings. The molecule has 1 aromatic rings. The molecule has 3 rings (SSSR count). The molecule has 0 bridgehead atoms. The molecular formula is C19H21F3N3O4-. The van der Waals surface area contributed by atoms with Gasteiger partial charge in [0, 0.05) is 24.8 Å². The molecule has 10 heteroatoms. The summed E-state index contributed by atoms with van der Waals surface area (Å²) in [6.07, 6.45) is -4.86. The van der Waals surface area contributed by atoms with Crippen LogP contribution in [-0.2, 0) is 15.1 Å². The number of hydrogen-bond donors (Lipinski definition) is 0. The van der Waals surface area contributed by atoms with Gasteiger partial charge in [-0.05, 0) is 26.8 Å². The minimum Gasteiger partial charge on any atom is -0.530 e. The molecule has 2 saturated heterocycles. The number of piperazine rings is 1. The highest BCUT2D eigenvalue weighted by atomic mass is 19.4. The number of aromatic nitrogens is 1. The van der Waals surface area contributed by atoms with E-state index in [0.29, 0.717) is 5.82 Å². The largest absolute Gasteiger partial charge is 0.530 e. The fraction of sp³-hybridized carbons (Fsp3) is 0.579. The fourth-order valence-corrected chi connectivity index (χ4v) is 3.51. The zero-order valence-electron chi connectivity index (χ0n) is 16.2. The topological polar surface area (TPSA) is 78.0 Å². The number of hydrogen-bond acceptors (Lipinski definition) is 6. The predicted molar refractivity (Wildman–Crippen MR) is 94.6 cm³/mol. The molecule has 158 valence electrons. The Morgan fingerprint density at radius 2 is 2.07 bits per heavy atom. The normalized spacial score (nSPS) is 26.8. The Kier molecular flexibility index (Phi) is 5.40. The Labute approximate surface area is 166 Å². The number of rotatable bonds is 2. The first-order chi connectivity index (χ1) is 13.5. The van der Waals surface area contributed by atoms with E-state index in [1.165, 1.54) is 26.0 Å². The quantitative estimate of drug-likeness (QED) is 0.685.